The Morgan fingerprint density at radius 2 is 2.00 bits per heavy atom. The maximum absolute atomic E-state index is 12.4. The number of carbonyl (C=O) groups excluding carboxylic acids is 1. The number of hydrogen-bond donors (Lipinski definition) is 2. The van der Waals surface area contributed by atoms with Crippen molar-refractivity contribution in [2.24, 2.45) is 0 Å². The minimum atomic E-state index is -0.288. The first-order valence-corrected chi connectivity index (χ1v) is 7.66. The van der Waals surface area contributed by atoms with Crippen molar-refractivity contribution < 1.29 is 14.3 Å². The molecule has 0 radical (unpaired) electrons. The molecule has 0 atom stereocenters. The lowest BCUT2D eigenvalue weighted by Gasteiger charge is -2.05. The number of para-hydroxylation sites is 1. The van der Waals surface area contributed by atoms with Gasteiger partial charge in [-0.1, -0.05) is 24.3 Å². The van der Waals surface area contributed by atoms with Crippen LogP contribution in [0.5, 0.6) is 5.75 Å². The summed E-state index contributed by atoms with van der Waals surface area (Å²) in [5, 5.41) is 9.53. The van der Waals surface area contributed by atoms with Crippen LogP contribution >= 0.6 is 0 Å². The molecule has 7 heteroatoms. The summed E-state index contributed by atoms with van der Waals surface area (Å²) in [6.45, 7) is 0.444. The van der Waals surface area contributed by atoms with Crippen LogP contribution in [0.1, 0.15) is 15.9 Å². The average Bonchev–Trinajstić information content (AvgIpc) is 3.10. The molecule has 0 saturated heterocycles. The predicted molar refractivity (Wildman–Crippen MR) is 93.5 cm³/mol. The molecule has 3 rings (SSSR count). The molecule has 128 valence electrons. The quantitative estimate of drug-likeness (QED) is 0.721. The monoisotopic (exact) mass is 338 g/mol. The molecule has 0 spiro atoms. The van der Waals surface area contributed by atoms with Crippen LogP contribution in [0.4, 0.5) is 5.95 Å². The Kier molecular flexibility index (Phi) is 5.06. The maximum atomic E-state index is 12.4. The second kappa shape index (κ2) is 7.59. The molecule has 0 aliphatic carbocycles. The highest BCUT2D eigenvalue weighted by atomic mass is 16.5. The van der Waals surface area contributed by atoms with Gasteiger partial charge in [-0.25, -0.2) is 0 Å². The summed E-state index contributed by atoms with van der Waals surface area (Å²) < 4.78 is 10.4. The summed E-state index contributed by atoms with van der Waals surface area (Å²) in [6, 6.07) is 14.6. The Bertz CT molecular complexity index is 876. The van der Waals surface area contributed by atoms with Gasteiger partial charge in [0.1, 0.15) is 5.75 Å². The van der Waals surface area contributed by atoms with E-state index in [1.807, 2.05) is 36.4 Å². The van der Waals surface area contributed by atoms with Gasteiger partial charge in [0.15, 0.2) is 5.82 Å². The fourth-order valence-electron chi connectivity index (χ4n) is 2.42. The SMILES string of the molecule is COCc1cccc(C(=O)Nc2n[nH]c(-c3ccccc3OC)n2)c1. The first-order valence-electron chi connectivity index (χ1n) is 7.66. The van der Waals surface area contributed by atoms with E-state index in [-0.39, 0.29) is 11.9 Å². The van der Waals surface area contributed by atoms with Gasteiger partial charge in [0.2, 0.25) is 5.95 Å². The van der Waals surface area contributed by atoms with Gasteiger partial charge < -0.3 is 9.47 Å². The van der Waals surface area contributed by atoms with Crippen LogP contribution in [0.3, 0.4) is 0 Å². The van der Waals surface area contributed by atoms with Crippen LogP contribution in [-0.4, -0.2) is 35.3 Å². The molecule has 2 aromatic carbocycles. The first-order chi connectivity index (χ1) is 12.2. The molecule has 0 aliphatic heterocycles. The van der Waals surface area contributed by atoms with E-state index < -0.39 is 0 Å². The molecule has 2 N–H and O–H groups in total. The second-order valence-corrected chi connectivity index (χ2v) is 5.30. The smallest absolute Gasteiger partial charge is 0.258 e. The number of carbonyl (C=O) groups is 1. The highest BCUT2D eigenvalue weighted by Gasteiger charge is 2.13. The van der Waals surface area contributed by atoms with Crippen molar-refractivity contribution in [2.45, 2.75) is 6.61 Å². The number of nitrogens with zero attached hydrogens (tertiary/aromatic N) is 2. The number of aromatic nitrogens is 3. The van der Waals surface area contributed by atoms with Crippen molar-refractivity contribution in [3.63, 3.8) is 0 Å². The molecule has 3 aromatic rings. The van der Waals surface area contributed by atoms with E-state index in [4.69, 9.17) is 9.47 Å². The van der Waals surface area contributed by atoms with Crippen LogP contribution in [0.25, 0.3) is 11.4 Å². The van der Waals surface area contributed by atoms with E-state index in [0.717, 1.165) is 11.1 Å². The van der Waals surface area contributed by atoms with E-state index in [0.29, 0.717) is 23.7 Å². The summed E-state index contributed by atoms with van der Waals surface area (Å²) in [5.74, 6) is 1.09. The van der Waals surface area contributed by atoms with E-state index in [1.54, 1.807) is 26.4 Å². The molecule has 1 heterocycles. The van der Waals surface area contributed by atoms with Gasteiger partial charge >= 0.3 is 0 Å². The Morgan fingerprint density at radius 1 is 1.16 bits per heavy atom. The number of aromatic amines is 1. The minimum absolute atomic E-state index is 0.197. The molecule has 1 aromatic heterocycles. The molecule has 7 nitrogen and oxygen atoms in total. The topological polar surface area (TPSA) is 89.1 Å². The van der Waals surface area contributed by atoms with Crippen molar-refractivity contribution in [1.29, 1.82) is 0 Å². The summed E-state index contributed by atoms with van der Waals surface area (Å²) in [7, 11) is 3.20. The highest BCUT2D eigenvalue weighted by Crippen LogP contribution is 2.27. The maximum Gasteiger partial charge on any atom is 0.258 e. The first kappa shape index (κ1) is 16.7. The highest BCUT2D eigenvalue weighted by molar-refractivity contribution is 6.03. The summed E-state index contributed by atoms with van der Waals surface area (Å²) in [5.41, 5.74) is 2.19. The van der Waals surface area contributed by atoms with Crippen LogP contribution in [0.15, 0.2) is 48.5 Å². The molecule has 0 aliphatic rings. The van der Waals surface area contributed by atoms with Crippen molar-refractivity contribution in [3.8, 4) is 17.1 Å². The number of amides is 1. The van der Waals surface area contributed by atoms with Gasteiger partial charge in [0.05, 0.1) is 19.3 Å². The molecule has 0 bridgehead atoms. The normalized spacial score (nSPS) is 10.5. The van der Waals surface area contributed by atoms with E-state index in [1.165, 1.54) is 0 Å². The van der Waals surface area contributed by atoms with Crippen LogP contribution in [0, 0.1) is 0 Å². The van der Waals surface area contributed by atoms with Crippen molar-refractivity contribution in [3.05, 3.63) is 59.7 Å². The fraction of sp³-hybridized carbons (Fsp3) is 0.167. The Hall–Kier alpha value is -3.19. The van der Waals surface area contributed by atoms with Crippen LogP contribution < -0.4 is 10.1 Å². The summed E-state index contributed by atoms with van der Waals surface area (Å²) in [4.78, 5) is 16.7. The van der Waals surface area contributed by atoms with Gasteiger partial charge in [-0.2, -0.15) is 4.98 Å². The number of methoxy groups -OCH3 is 2. The van der Waals surface area contributed by atoms with Crippen molar-refractivity contribution >= 4 is 11.9 Å². The molecule has 0 saturated carbocycles. The molecular weight excluding hydrogens is 320 g/mol. The van der Waals surface area contributed by atoms with Gasteiger partial charge in [-0.15, -0.1) is 5.10 Å². The van der Waals surface area contributed by atoms with Gasteiger partial charge in [0.25, 0.3) is 5.91 Å². The summed E-state index contributed by atoms with van der Waals surface area (Å²) in [6.07, 6.45) is 0. The molecule has 25 heavy (non-hydrogen) atoms. The lowest BCUT2D eigenvalue weighted by atomic mass is 10.1. The number of anilines is 1. The van der Waals surface area contributed by atoms with Crippen molar-refractivity contribution in [1.82, 2.24) is 15.2 Å². The Labute approximate surface area is 145 Å². The zero-order valence-corrected chi connectivity index (χ0v) is 13.9. The zero-order chi connectivity index (χ0) is 17.6. The summed E-state index contributed by atoms with van der Waals surface area (Å²) >= 11 is 0. The Morgan fingerprint density at radius 3 is 2.80 bits per heavy atom. The number of nitrogens with one attached hydrogen (secondary N) is 2. The predicted octanol–water partition coefficient (Wildman–Crippen LogP) is 2.88. The van der Waals surface area contributed by atoms with E-state index >= 15 is 0 Å². The fourth-order valence-corrected chi connectivity index (χ4v) is 2.42. The van der Waals surface area contributed by atoms with Gasteiger partial charge in [-0.3, -0.25) is 15.2 Å². The number of ether oxygens (including phenoxy) is 2. The third-order valence-electron chi connectivity index (χ3n) is 3.57. The molecular formula is C18H18N4O3. The number of hydrogen-bond acceptors (Lipinski definition) is 5. The molecule has 1 amide bonds. The van der Waals surface area contributed by atoms with E-state index in [9.17, 15) is 4.79 Å². The lowest BCUT2D eigenvalue weighted by Crippen LogP contribution is -2.13. The number of rotatable bonds is 6. The van der Waals surface area contributed by atoms with Crippen LogP contribution in [-0.2, 0) is 11.3 Å². The second-order valence-electron chi connectivity index (χ2n) is 5.30. The minimum Gasteiger partial charge on any atom is -0.496 e. The third kappa shape index (κ3) is 3.84. The molecule has 0 unspecified atom stereocenters. The zero-order valence-electron chi connectivity index (χ0n) is 13.9. The largest absolute Gasteiger partial charge is 0.496 e. The average molecular weight is 338 g/mol. The van der Waals surface area contributed by atoms with Crippen molar-refractivity contribution in [2.75, 3.05) is 19.5 Å². The van der Waals surface area contributed by atoms with Gasteiger partial charge in [-0.05, 0) is 29.8 Å². The number of H-pyrrole nitrogens is 1. The van der Waals surface area contributed by atoms with E-state index in [2.05, 4.69) is 20.5 Å². The van der Waals surface area contributed by atoms with Gasteiger partial charge in [0, 0.05) is 12.7 Å². The Balaban J connectivity index is 1.77. The third-order valence-corrected chi connectivity index (χ3v) is 3.57. The lowest BCUT2D eigenvalue weighted by molar-refractivity contribution is 0.102. The molecule has 0 fully saturated rings. The van der Waals surface area contributed by atoms with Crippen LogP contribution in [0.2, 0.25) is 0 Å². The number of benzene rings is 2. The standard InChI is InChI=1S/C18H18N4O3/c1-24-11-12-6-5-7-13(10-12)17(23)20-18-19-16(21-22-18)14-8-3-4-9-15(14)25-2/h3-10H,11H2,1-2H3,(H2,19,20,21,22,23).